The van der Waals surface area contributed by atoms with E-state index in [0.717, 1.165) is 13.1 Å². The second-order valence-electron chi connectivity index (χ2n) is 4.99. The topological polar surface area (TPSA) is 29.9 Å². The molecule has 0 radical (unpaired) electrons. The van der Waals surface area contributed by atoms with Crippen LogP contribution >= 0.6 is 0 Å². The molecule has 1 aromatic rings. The molecule has 1 saturated carbocycles. The molecule has 0 amide bonds. The summed E-state index contributed by atoms with van der Waals surface area (Å²) in [6.45, 7) is 7.52. The lowest BCUT2D eigenvalue weighted by Gasteiger charge is -2.15. The van der Waals surface area contributed by atoms with Crippen molar-refractivity contribution in [1.29, 1.82) is 0 Å². The van der Waals surface area contributed by atoms with Crippen LogP contribution in [0.15, 0.2) is 12.3 Å². The minimum Gasteiger partial charge on any atom is -0.311 e. The molecule has 16 heavy (non-hydrogen) atoms. The zero-order chi connectivity index (χ0) is 11.4. The average molecular weight is 221 g/mol. The number of hydrogen-bond donors (Lipinski definition) is 1. The summed E-state index contributed by atoms with van der Waals surface area (Å²) in [5.74, 6) is 0. The molecule has 0 aromatic carbocycles. The molecule has 0 saturated heterocycles. The predicted molar refractivity (Wildman–Crippen MR) is 66.2 cm³/mol. The molecule has 1 N–H and O–H groups in total. The van der Waals surface area contributed by atoms with Gasteiger partial charge in [-0.1, -0.05) is 13.3 Å². The molecule has 3 heteroatoms. The van der Waals surface area contributed by atoms with E-state index in [1.165, 1.54) is 37.9 Å². The van der Waals surface area contributed by atoms with Crippen LogP contribution in [-0.4, -0.2) is 16.3 Å². The Morgan fingerprint density at radius 3 is 2.88 bits per heavy atom. The third-order valence-electron chi connectivity index (χ3n) is 3.65. The van der Waals surface area contributed by atoms with Crippen molar-refractivity contribution >= 4 is 0 Å². The summed E-state index contributed by atoms with van der Waals surface area (Å²) >= 11 is 0. The van der Waals surface area contributed by atoms with Crippen molar-refractivity contribution in [1.82, 2.24) is 15.1 Å². The average Bonchev–Trinajstić information content (AvgIpc) is 2.90. The largest absolute Gasteiger partial charge is 0.311 e. The van der Waals surface area contributed by atoms with Crippen molar-refractivity contribution in [2.24, 2.45) is 5.41 Å². The van der Waals surface area contributed by atoms with Crippen LogP contribution < -0.4 is 5.32 Å². The maximum Gasteiger partial charge on any atom is 0.0521 e. The first kappa shape index (κ1) is 11.6. The quantitative estimate of drug-likeness (QED) is 0.767. The van der Waals surface area contributed by atoms with E-state index in [1.54, 1.807) is 0 Å². The van der Waals surface area contributed by atoms with Crippen LogP contribution in [-0.2, 0) is 13.1 Å². The van der Waals surface area contributed by atoms with E-state index < -0.39 is 0 Å². The van der Waals surface area contributed by atoms with Gasteiger partial charge in [0.25, 0.3) is 0 Å². The molecule has 0 spiro atoms. The lowest BCUT2D eigenvalue weighted by molar-refractivity contribution is 0.415. The Labute approximate surface area is 98.2 Å². The molecule has 90 valence electrons. The highest BCUT2D eigenvalue weighted by molar-refractivity contribution is 5.01. The van der Waals surface area contributed by atoms with Crippen molar-refractivity contribution in [3.8, 4) is 0 Å². The Bertz CT molecular complexity index is 326. The highest BCUT2D eigenvalue weighted by Crippen LogP contribution is 2.48. The Morgan fingerprint density at radius 2 is 2.25 bits per heavy atom. The van der Waals surface area contributed by atoms with Crippen LogP contribution in [0.4, 0.5) is 0 Å². The van der Waals surface area contributed by atoms with Gasteiger partial charge in [0.05, 0.1) is 5.69 Å². The van der Waals surface area contributed by atoms with Gasteiger partial charge in [-0.15, -0.1) is 0 Å². The Hall–Kier alpha value is -0.830. The minimum atomic E-state index is 0.645. The summed E-state index contributed by atoms with van der Waals surface area (Å²) < 4.78 is 2.06. The molecule has 0 atom stereocenters. The Balaban J connectivity index is 1.76. The van der Waals surface area contributed by atoms with E-state index in [1.807, 2.05) is 6.20 Å². The zero-order valence-electron chi connectivity index (χ0n) is 10.5. The minimum absolute atomic E-state index is 0.645. The molecule has 2 rings (SSSR count). The number of rotatable bonds is 7. The summed E-state index contributed by atoms with van der Waals surface area (Å²) in [4.78, 5) is 0. The first-order valence-corrected chi connectivity index (χ1v) is 6.51. The first-order chi connectivity index (χ1) is 7.79. The summed E-state index contributed by atoms with van der Waals surface area (Å²) in [6, 6.07) is 2.11. The molecule has 1 aliphatic rings. The van der Waals surface area contributed by atoms with Gasteiger partial charge in [0.1, 0.15) is 0 Å². The second kappa shape index (κ2) is 5.00. The number of aryl methyl sites for hydroxylation is 1. The lowest BCUT2D eigenvalue weighted by atomic mass is 10.0. The van der Waals surface area contributed by atoms with Crippen LogP contribution in [0.1, 0.15) is 45.2 Å². The van der Waals surface area contributed by atoms with Crippen LogP contribution in [0.5, 0.6) is 0 Å². The van der Waals surface area contributed by atoms with E-state index in [4.69, 9.17) is 0 Å². The molecule has 1 heterocycles. The molecule has 0 bridgehead atoms. The number of aromatic nitrogens is 2. The highest BCUT2D eigenvalue weighted by atomic mass is 15.3. The van der Waals surface area contributed by atoms with Crippen molar-refractivity contribution in [2.45, 2.75) is 52.6 Å². The molecular weight excluding hydrogens is 198 g/mol. The fraction of sp³-hybridized carbons (Fsp3) is 0.769. The van der Waals surface area contributed by atoms with Gasteiger partial charge in [0.2, 0.25) is 0 Å². The third kappa shape index (κ3) is 2.64. The number of nitrogens with one attached hydrogen (secondary N) is 1. The van der Waals surface area contributed by atoms with E-state index in [-0.39, 0.29) is 0 Å². The van der Waals surface area contributed by atoms with E-state index in [9.17, 15) is 0 Å². The van der Waals surface area contributed by atoms with Crippen molar-refractivity contribution in [2.75, 3.05) is 6.54 Å². The second-order valence-corrected chi connectivity index (χ2v) is 4.99. The van der Waals surface area contributed by atoms with Crippen LogP contribution in [0.25, 0.3) is 0 Å². The van der Waals surface area contributed by atoms with Crippen molar-refractivity contribution < 1.29 is 0 Å². The molecule has 3 nitrogen and oxygen atoms in total. The molecule has 1 aromatic heterocycles. The summed E-state index contributed by atoms with van der Waals surface area (Å²) in [5.41, 5.74) is 1.95. The SMILES string of the molecule is CCCC1(CNCc2ccnn2CC)CC1. The van der Waals surface area contributed by atoms with E-state index in [0.29, 0.717) is 5.41 Å². The van der Waals surface area contributed by atoms with Crippen LogP contribution in [0.3, 0.4) is 0 Å². The standard InChI is InChI=1S/C13H23N3/c1-3-6-13(7-8-13)11-14-10-12-5-9-15-16(12)4-2/h5,9,14H,3-4,6-8,10-11H2,1-2H3. The van der Waals surface area contributed by atoms with E-state index in [2.05, 4.69) is 35.0 Å². The molecule has 0 aliphatic heterocycles. The predicted octanol–water partition coefficient (Wildman–Crippen LogP) is 2.57. The zero-order valence-corrected chi connectivity index (χ0v) is 10.5. The number of hydrogen-bond acceptors (Lipinski definition) is 2. The summed E-state index contributed by atoms with van der Waals surface area (Å²) in [7, 11) is 0. The normalized spacial score (nSPS) is 17.6. The highest BCUT2D eigenvalue weighted by Gasteiger charge is 2.40. The lowest BCUT2D eigenvalue weighted by Crippen LogP contribution is -2.24. The van der Waals surface area contributed by atoms with Gasteiger partial charge in [-0.3, -0.25) is 4.68 Å². The fourth-order valence-electron chi connectivity index (χ4n) is 2.47. The Kier molecular flexibility index (Phi) is 3.64. The van der Waals surface area contributed by atoms with Gasteiger partial charge in [0, 0.05) is 25.8 Å². The first-order valence-electron chi connectivity index (χ1n) is 6.51. The van der Waals surface area contributed by atoms with Gasteiger partial charge < -0.3 is 5.32 Å². The smallest absolute Gasteiger partial charge is 0.0521 e. The summed E-state index contributed by atoms with van der Waals surface area (Å²) in [6.07, 6.45) is 7.42. The maximum atomic E-state index is 4.28. The van der Waals surface area contributed by atoms with Crippen molar-refractivity contribution in [3.05, 3.63) is 18.0 Å². The molecule has 1 fully saturated rings. The maximum absolute atomic E-state index is 4.28. The number of nitrogens with zero attached hydrogens (tertiary/aromatic N) is 2. The fourth-order valence-corrected chi connectivity index (χ4v) is 2.47. The van der Waals surface area contributed by atoms with Crippen molar-refractivity contribution in [3.63, 3.8) is 0 Å². The summed E-state index contributed by atoms with van der Waals surface area (Å²) in [5, 5.41) is 7.87. The molecule has 1 aliphatic carbocycles. The third-order valence-corrected chi connectivity index (χ3v) is 3.65. The van der Waals surface area contributed by atoms with Gasteiger partial charge in [-0.2, -0.15) is 5.10 Å². The van der Waals surface area contributed by atoms with Crippen LogP contribution in [0, 0.1) is 5.41 Å². The van der Waals surface area contributed by atoms with Crippen LogP contribution in [0.2, 0.25) is 0 Å². The monoisotopic (exact) mass is 221 g/mol. The molecule has 0 unspecified atom stereocenters. The van der Waals surface area contributed by atoms with Gasteiger partial charge in [-0.05, 0) is 37.7 Å². The Morgan fingerprint density at radius 1 is 1.44 bits per heavy atom. The molecular formula is C13H23N3. The van der Waals surface area contributed by atoms with Gasteiger partial charge in [-0.25, -0.2) is 0 Å². The van der Waals surface area contributed by atoms with E-state index >= 15 is 0 Å². The van der Waals surface area contributed by atoms with Gasteiger partial charge >= 0.3 is 0 Å². The van der Waals surface area contributed by atoms with Gasteiger partial charge in [0.15, 0.2) is 0 Å².